The zero-order chi connectivity index (χ0) is 16.4. The summed E-state index contributed by atoms with van der Waals surface area (Å²) in [6.45, 7) is 4.87. The van der Waals surface area contributed by atoms with E-state index in [1.54, 1.807) is 11.3 Å². The summed E-state index contributed by atoms with van der Waals surface area (Å²) in [5.74, 6) is 0.830. The van der Waals surface area contributed by atoms with E-state index in [9.17, 15) is 4.79 Å². The van der Waals surface area contributed by atoms with Crippen molar-refractivity contribution in [3.63, 3.8) is 0 Å². The highest BCUT2D eigenvalue weighted by Gasteiger charge is 2.46. The van der Waals surface area contributed by atoms with Crippen LogP contribution in [0.25, 0.3) is 0 Å². The van der Waals surface area contributed by atoms with Crippen molar-refractivity contribution >= 4 is 17.2 Å². The number of likely N-dealkylation sites (N-methyl/N-ethyl adjacent to an activating group) is 2. The lowest BCUT2D eigenvalue weighted by Gasteiger charge is -2.26. The Kier molecular flexibility index (Phi) is 5.36. The van der Waals surface area contributed by atoms with E-state index in [-0.39, 0.29) is 11.9 Å². The van der Waals surface area contributed by atoms with E-state index < -0.39 is 0 Å². The standard InChI is InChI=1S/C17H28N4OS/c1-19(2)6-5-18-17(22)15-8-14-10-21(11-16(14)20(15)3)9-13-4-7-23-12-13/h4,7,12,14-16H,5-6,8-11H2,1-3H3,(H,18,22)/t14-,15+,16+/m1/s1. The summed E-state index contributed by atoms with van der Waals surface area (Å²) in [4.78, 5) is 19.4. The van der Waals surface area contributed by atoms with E-state index >= 15 is 0 Å². The molecular weight excluding hydrogens is 308 g/mol. The lowest BCUT2D eigenvalue weighted by Crippen LogP contribution is -2.46. The highest BCUT2D eigenvalue weighted by Crippen LogP contribution is 2.35. The molecule has 0 bridgehead atoms. The van der Waals surface area contributed by atoms with Crippen molar-refractivity contribution in [1.29, 1.82) is 0 Å². The predicted molar refractivity (Wildman–Crippen MR) is 94.6 cm³/mol. The van der Waals surface area contributed by atoms with Crippen LogP contribution in [-0.2, 0) is 11.3 Å². The van der Waals surface area contributed by atoms with Crippen LogP contribution >= 0.6 is 11.3 Å². The number of nitrogens with zero attached hydrogens (tertiary/aromatic N) is 3. The molecule has 6 heteroatoms. The number of carbonyl (C=O) groups excluding carboxylic acids is 1. The number of fused-ring (bicyclic) bond motifs is 1. The van der Waals surface area contributed by atoms with Crippen LogP contribution < -0.4 is 5.32 Å². The van der Waals surface area contributed by atoms with Gasteiger partial charge < -0.3 is 10.2 Å². The molecule has 1 N–H and O–H groups in total. The van der Waals surface area contributed by atoms with E-state index in [1.807, 2.05) is 14.1 Å². The van der Waals surface area contributed by atoms with Crippen LogP contribution in [0.4, 0.5) is 0 Å². The van der Waals surface area contributed by atoms with Gasteiger partial charge in [0.2, 0.25) is 5.91 Å². The minimum atomic E-state index is 0.0514. The Morgan fingerprint density at radius 3 is 2.91 bits per heavy atom. The Morgan fingerprint density at radius 2 is 2.26 bits per heavy atom. The fourth-order valence-corrected chi connectivity index (χ4v) is 4.56. The third kappa shape index (κ3) is 3.94. The fourth-order valence-electron chi connectivity index (χ4n) is 3.90. The molecule has 3 atom stereocenters. The molecule has 0 spiro atoms. The molecule has 0 aromatic carbocycles. The topological polar surface area (TPSA) is 38.8 Å². The quantitative estimate of drug-likeness (QED) is 0.839. The highest BCUT2D eigenvalue weighted by atomic mass is 32.1. The molecule has 5 nitrogen and oxygen atoms in total. The van der Waals surface area contributed by atoms with Crippen LogP contribution in [0.3, 0.4) is 0 Å². The average Bonchev–Trinajstić information content (AvgIpc) is 3.18. The number of hydrogen-bond donors (Lipinski definition) is 1. The van der Waals surface area contributed by atoms with Crippen molar-refractivity contribution in [1.82, 2.24) is 20.0 Å². The van der Waals surface area contributed by atoms with E-state index in [0.717, 1.165) is 39.1 Å². The van der Waals surface area contributed by atoms with E-state index in [1.165, 1.54) is 5.56 Å². The third-order valence-corrected chi connectivity index (χ3v) is 5.90. The lowest BCUT2D eigenvalue weighted by molar-refractivity contribution is -0.125. The molecule has 128 valence electrons. The minimum Gasteiger partial charge on any atom is -0.353 e. The molecule has 2 fully saturated rings. The van der Waals surface area contributed by atoms with Gasteiger partial charge in [0.1, 0.15) is 0 Å². The molecule has 3 rings (SSSR count). The Morgan fingerprint density at radius 1 is 1.43 bits per heavy atom. The molecule has 0 saturated carbocycles. The van der Waals surface area contributed by atoms with E-state index in [0.29, 0.717) is 12.0 Å². The lowest BCUT2D eigenvalue weighted by atomic mass is 10.0. The molecule has 1 amide bonds. The van der Waals surface area contributed by atoms with E-state index in [4.69, 9.17) is 0 Å². The second kappa shape index (κ2) is 7.30. The third-order valence-electron chi connectivity index (χ3n) is 5.17. The van der Waals surface area contributed by atoms with Gasteiger partial charge in [-0.05, 0) is 55.9 Å². The van der Waals surface area contributed by atoms with Crippen molar-refractivity contribution in [2.24, 2.45) is 5.92 Å². The second-order valence-electron chi connectivity index (χ2n) is 7.16. The van der Waals surface area contributed by atoms with Gasteiger partial charge in [-0.1, -0.05) is 0 Å². The SMILES string of the molecule is CN(C)CCNC(=O)[C@@H]1C[C@@H]2CN(Cc3ccsc3)C[C@@H]2N1C. The largest absolute Gasteiger partial charge is 0.353 e. The van der Waals surface area contributed by atoms with Crippen LogP contribution in [0.5, 0.6) is 0 Å². The second-order valence-corrected chi connectivity index (χ2v) is 7.94. The Balaban J connectivity index is 1.49. The molecule has 1 aromatic heterocycles. The molecule has 2 aliphatic heterocycles. The smallest absolute Gasteiger partial charge is 0.237 e. The summed E-state index contributed by atoms with van der Waals surface area (Å²) in [6, 6.07) is 2.79. The van der Waals surface area contributed by atoms with Gasteiger partial charge in [0, 0.05) is 38.8 Å². The van der Waals surface area contributed by atoms with Gasteiger partial charge in [0.15, 0.2) is 0 Å². The van der Waals surface area contributed by atoms with Crippen molar-refractivity contribution in [2.75, 3.05) is 47.3 Å². The van der Waals surface area contributed by atoms with Gasteiger partial charge in [-0.2, -0.15) is 11.3 Å². The Labute approximate surface area is 143 Å². The Hall–Kier alpha value is -0.950. The predicted octanol–water partition coefficient (Wildman–Crippen LogP) is 0.930. The maximum Gasteiger partial charge on any atom is 0.237 e. The summed E-state index contributed by atoms with van der Waals surface area (Å²) in [7, 11) is 6.18. The first-order valence-corrected chi connectivity index (χ1v) is 9.36. The van der Waals surface area contributed by atoms with Crippen LogP contribution in [0.15, 0.2) is 16.8 Å². The van der Waals surface area contributed by atoms with Gasteiger partial charge in [0.05, 0.1) is 6.04 Å². The van der Waals surface area contributed by atoms with Gasteiger partial charge in [-0.3, -0.25) is 14.6 Å². The number of carbonyl (C=O) groups is 1. The van der Waals surface area contributed by atoms with Crippen LogP contribution in [0, 0.1) is 5.92 Å². The van der Waals surface area contributed by atoms with Crippen molar-refractivity contribution in [2.45, 2.75) is 25.0 Å². The maximum atomic E-state index is 12.4. The fraction of sp³-hybridized carbons (Fsp3) is 0.706. The number of thiophene rings is 1. The van der Waals surface area contributed by atoms with Crippen molar-refractivity contribution in [3.05, 3.63) is 22.4 Å². The summed E-state index contributed by atoms with van der Waals surface area (Å²) in [5, 5.41) is 7.47. The number of hydrogen-bond acceptors (Lipinski definition) is 5. The number of rotatable bonds is 6. The zero-order valence-corrected chi connectivity index (χ0v) is 15.2. The molecule has 0 unspecified atom stereocenters. The van der Waals surface area contributed by atoms with Crippen LogP contribution in [0.1, 0.15) is 12.0 Å². The van der Waals surface area contributed by atoms with Crippen LogP contribution in [-0.4, -0.2) is 80.0 Å². The molecule has 3 heterocycles. The van der Waals surface area contributed by atoms with Gasteiger partial charge in [-0.25, -0.2) is 0 Å². The molecule has 0 radical (unpaired) electrons. The summed E-state index contributed by atoms with van der Waals surface area (Å²) < 4.78 is 0. The van der Waals surface area contributed by atoms with E-state index in [2.05, 4.69) is 43.9 Å². The first-order chi connectivity index (χ1) is 11.0. The molecular formula is C17H28N4OS. The van der Waals surface area contributed by atoms with Gasteiger partial charge >= 0.3 is 0 Å². The Bertz CT molecular complexity index is 519. The first kappa shape index (κ1) is 16.9. The summed E-state index contributed by atoms with van der Waals surface area (Å²) in [5.41, 5.74) is 1.41. The summed E-state index contributed by atoms with van der Waals surface area (Å²) >= 11 is 1.77. The van der Waals surface area contributed by atoms with Gasteiger partial charge in [0.25, 0.3) is 0 Å². The zero-order valence-electron chi connectivity index (χ0n) is 14.4. The van der Waals surface area contributed by atoms with Crippen molar-refractivity contribution in [3.8, 4) is 0 Å². The monoisotopic (exact) mass is 336 g/mol. The summed E-state index contributed by atoms with van der Waals surface area (Å²) in [6.07, 6.45) is 0.995. The normalized spacial score (nSPS) is 28.4. The average molecular weight is 337 g/mol. The highest BCUT2D eigenvalue weighted by molar-refractivity contribution is 7.07. The minimum absolute atomic E-state index is 0.0514. The molecule has 23 heavy (non-hydrogen) atoms. The van der Waals surface area contributed by atoms with Gasteiger partial charge in [-0.15, -0.1) is 0 Å². The maximum absolute atomic E-state index is 12.4. The molecule has 0 aliphatic carbocycles. The van der Waals surface area contributed by atoms with Crippen molar-refractivity contribution < 1.29 is 4.79 Å². The first-order valence-electron chi connectivity index (χ1n) is 8.42. The molecule has 2 saturated heterocycles. The number of amides is 1. The number of likely N-dealkylation sites (tertiary alicyclic amines) is 2. The molecule has 1 aromatic rings. The number of nitrogens with one attached hydrogen (secondary N) is 1. The van der Waals surface area contributed by atoms with Crippen LogP contribution in [0.2, 0.25) is 0 Å². The molecule has 2 aliphatic rings.